The van der Waals surface area contributed by atoms with Gasteiger partial charge in [0, 0.05) is 10.5 Å². The molecule has 2 N–H and O–H groups in total. The first-order valence-corrected chi connectivity index (χ1v) is 7.18. The average molecular weight is 333 g/mol. The van der Waals surface area contributed by atoms with Crippen molar-refractivity contribution in [2.24, 2.45) is 0 Å². The van der Waals surface area contributed by atoms with E-state index in [0.29, 0.717) is 23.2 Å². The van der Waals surface area contributed by atoms with E-state index in [9.17, 15) is 4.79 Å². The van der Waals surface area contributed by atoms with E-state index in [-0.39, 0.29) is 5.91 Å². The highest BCUT2D eigenvalue weighted by atomic mass is 79.9. The molecule has 0 aliphatic heterocycles. The lowest BCUT2D eigenvalue weighted by Gasteiger charge is -2.07. The van der Waals surface area contributed by atoms with E-state index >= 15 is 0 Å². The smallest absolute Gasteiger partial charge is 0.276 e. The molecule has 1 aromatic heterocycles. The first-order valence-electron chi connectivity index (χ1n) is 6.38. The Hall–Kier alpha value is -1.95. The van der Waals surface area contributed by atoms with Crippen molar-refractivity contribution in [1.29, 1.82) is 0 Å². The quantitative estimate of drug-likeness (QED) is 0.902. The fourth-order valence-electron chi connectivity index (χ4n) is 1.72. The van der Waals surface area contributed by atoms with Crippen LogP contribution in [0.1, 0.15) is 23.3 Å². The molecular formula is C14H13BrN4O. The van der Waals surface area contributed by atoms with Gasteiger partial charge in [-0.25, -0.2) is 0 Å². The maximum absolute atomic E-state index is 12.1. The molecule has 0 unspecified atom stereocenters. The van der Waals surface area contributed by atoms with Gasteiger partial charge in [0.05, 0.1) is 5.69 Å². The number of aromatic nitrogens is 2. The van der Waals surface area contributed by atoms with E-state index in [4.69, 9.17) is 0 Å². The minimum atomic E-state index is -0.276. The summed E-state index contributed by atoms with van der Waals surface area (Å²) in [6.45, 7) is 0. The summed E-state index contributed by atoms with van der Waals surface area (Å²) in [6.07, 6.45) is 2.35. The van der Waals surface area contributed by atoms with Gasteiger partial charge in [0.15, 0.2) is 5.69 Å². The van der Waals surface area contributed by atoms with Gasteiger partial charge in [-0.15, -0.1) is 10.2 Å². The molecule has 5 nitrogen and oxygen atoms in total. The zero-order chi connectivity index (χ0) is 13.9. The molecule has 0 spiro atoms. The highest BCUT2D eigenvalue weighted by Crippen LogP contribution is 2.24. The van der Waals surface area contributed by atoms with Crippen molar-refractivity contribution in [2.75, 3.05) is 10.6 Å². The lowest BCUT2D eigenvalue weighted by Crippen LogP contribution is -2.15. The van der Waals surface area contributed by atoms with Crippen molar-refractivity contribution in [3.05, 3.63) is 46.6 Å². The molecule has 102 valence electrons. The first-order chi connectivity index (χ1) is 9.72. The number of nitrogens with zero attached hydrogens (tertiary/aromatic N) is 2. The van der Waals surface area contributed by atoms with Crippen LogP contribution in [0.15, 0.2) is 40.9 Å². The molecule has 0 bridgehead atoms. The Balaban J connectivity index is 1.68. The van der Waals surface area contributed by atoms with Crippen LogP contribution >= 0.6 is 15.9 Å². The van der Waals surface area contributed by atoms with Crippen LogP contribution in [0, 0.1) is 0 Å². The molecule has 6 heteroatoms. The van der Waals surface area contributed by atoms with Gasteiger partial charge >= 0.3 is 0 Å². The molecule has 1 amide bonds. The number of rotatable bonds is 4. The third kappa shape index (κ3) is 3.14. The van der Waals surface area contributed by atoms with E-state index < -0.39 is 0 Å². The third-order valence-corrected chi connectivity index (χ3v) is 3.64. The molecule has 1 fully saturated rings. The molecule has 3 rings (SSSR count). The summed E-state index contributed by atoms with van der Waals surface area (Å²) in [7, 11) is 0. The monoisotopic (exact) mass is 332 g/mol. The second-order valence-electron chi connectivity index (χ2n) is 4.66. The molecule has 0 atom stereocenters. The average Bonchev–Trinajstić information content (AvgIpc) is 3.26. The van der Waals surface area contributed by atoms with Crippen molar-refractivity contribution < 1.29 is 4.79 Å². The summed E-state index contributed by atoms with van der Waals surface area (Å²) in [5.41, 5.74) is 1.00. The molecule has 0 radical (unpaired) electrons. The van der Waals surface area contributed by atoms with Crippen LogP contribution in [-0.2, 0) is 0 Å². The minimum absolute atomic E-state index is 0.276. The molecule has 1 saturated carbocycles. The summed E-state index contributed by atoms with van der Waals surface area (Å²) in [4.78, 5) is 12.1. The Morgan fingerprint density at radius 2 is 1.95 bits per heavy atom. The van der Waals surface area contributed by atoms with Gasteiger partial charge in [0.2, 0.25) is 0 Å². The first kappa shape index (κ1) is 13.1. The zero-order valence-corrected chi connectivity index (χ0v) is 12.2. The predicted molar refractivity (Wildman–Crippen MR) is 80.8 cm³/mol. The minimum Gasteiger partial charge on any atom is -0.366 e. The van der Waals surface area contributed by atoms with Crippen molar-refractivity contribution >= 4 is 33.3 Å². The van der Waals surface area contributed by atoms with Crippen LogP contribution in [0.25, 0.3) is 0 Å². The van der Waals surface area contributed by atoms with Crippen molar-refractivity contribution in [1.82, 2.24) is 10.2 Å². The molecule has 2 aromatic rings. The summed E-state index contributed by atoms with van der Waals surface area (Å²) >= 11 is 3.38. The van der Waals surface area contributed by atoms with Crippen LogP contribution in [0.5, 0.6) is 0 Å². The van der Waals surface area contributed by atoms with Crippen molar-refractivity contribution in [3.8, 4) is 0 Å². The van der Waals surface area contributed by atoms with Crippen LogP contribution in [0.3, 0.4) is 0 Å². The Morgan fingerprint density at radius 1 is 1.15 bits per heavy atom. The third-order valence-electron chi connectivity index (χ3n) is 2.95. The number of benzene rings is 1. The molecule has 20 heavy (non-hydrogen) atoms. The van der Waals surface area contributed by atoms with Crippen LogP contribution < -0.4 is 10.6 Å². The fraction of sp³-hybridized carbons (Fsp3) is 0.214. The van der Waals surface area contributed by atoms with Crippen molar-refractivity contribution in [2.45, 2.75) is 18.9 Å². The number of halogens is 1. The molecule has 1 heterocycles. The number of hydrogen-bond donors (Lipinski definition) is 2. The highest BCUT2D eigenvalue weighted by molar-refractivity contribution is 9.10. The van der Waals surface area contributed by atoms with Crippen LogP contribution in [-0.4, -0.2) is 22.1 Å². The Labute approximate surface area is 124 Å². The van der Waals surface area contributed by atoms with Gasteiger partial charge in [-0.1, -0.05) is 12.1 Å². The highest BCUT2D eigenvalue weighted by Gasteiger charge is 2.21. The van der Waals surface area contributed by atoms with Gasteiger partial charge < -0.3 is 10.6 Å². The van der Waals surface area contributed by atoms with E-state index in [2.05, 4.69) is 36.8 Å². The summed E-state index contributed by atoms with van der Waals surface area (Å²) < 4.78 is 0.827. The molecular weight excluding hydrogens is 320 g/mol. The van der Waals surface area contributed by atoms with Gasteiger partial charge in [-0.2, -0.15) is 0 Å². The number of carbonyl (C=O) groups excluding carboxylic acids is 1. The molecule has 1 aliphatic carbocycles. The SMILES string of the molecule is O=C(Nc1ccccc1Br)c1ccc(NC2CC2)nn1. The maximum atomic E-state index is 12.1. The van der Waals surface area contributed by atoms with E-state index in [1.807, 2.05) is 24.3 Å². The predicted octanol–water partition coefficient (Wildman–Crippen LogP) is 3.07. The fourth-order valence-corrected chi connectivity index (χ4v) is 2.10. The van der Waals surface area contributed by atoms with E-state index in [0.717, 1.165) is 4.47 Å². The molecule has 1 aromatic carbocycles. The van der Waals surface area contributed by atoms with E-state index in [1.165, 1.54) is 12.8 Å². The van der Waals surface area contributed by atoms with Gasteiger partial charge in [0.25, 0.3) is 5.91 Å². The maximum Gasteiger partial charge on any atom is 0.276 e. The number of anilines is 2. The van der Waals surface area contributed by atoms with Gasteiger partial charge in [-0.05, 0) is 53.0 Å². The largest absolute Gasteiger partial charge is 0.366 e. The summed E-state index contributed by atoms with van der Waals surface area (Å²) in [5.74, 6) is 0.437. The second kappa shape index (κ2) is 5.58. The molecule has 1 aliphatic rings. The number of carbonyl (C=O) groups is 1. The molecule has 0 saturated heterocycles. The van der Waals surface area contributed by atoms with E-state index in [1.54, 1.807) is 12.1 Å². The van der Waals surface area contributed by atoms with Crippen LogP contribution in [0.2, 0.25) is 0 Å². The lowest BCUT2D eigenvalue weighted by atomic mass is 10.3. The lowest BCUT2D eigenvalue weighted by molar-refractivity contribution is 0.102. The standard InChI is InChI=1S/C14H13BrN4O/c15-10-3-1-2-4-11(10)17-14(20)12-7-8-13(19-18-12)16-9-5-6-9/h1-4,7-9H,5-6H2,(H,16,19)(H,17,20). The zero-order valence-electron chi connectivity index (χ0n) is 10.6. The van der Waals surface area contributed by atoms with Gasteiger partial charge in [0.1, 0.15) is 5.82 Å². The van der Waals surface area contributed by atoms with Crippen molar-refractivity contribution in [3.63, 3.8) is 0 Å². The van der Waals surface area contributed by atoms with Gasteiger partial charge in [-0.3, -0.25) is 4.79 Å². The number of para-hydroxylation sites is 1. The Kier molecular flexibility index (Phi) is 3.64. The summed E-state index contributed by atoms with van der Waals surface area (Å²) in [6, 6.07) is 11.4. The topological polar surface area (TPSA) is 66.9 Å². The van der Waals surface area contributed by atoms with Crippen LogP contribution in [0.4, 0.5) is 11.5 Å². The number of amides is 1. The second-order valence-corrected chi connectivity index (χ2v) is 5.51. The Bertz CT molecular complexity index is 625. The number of nitrogens with one attached hydrogen (secondary N) is 2. The summed E-state index contributed by atoms with van der Waals surface area (Å²) in [5, 5.41) is 14.0. The number of hydrogen-bond acceptors (Lipinski definition) is 4. The normalized spacial score (nSPS) is 13.8. The Morgan fingerprint density at radius 3 is 2.60 bits per heavy atom.